The van der Waals surface area contributed by atoms with E-state index in [9.17, 15) is 18.0 Å². The van der Waals surface area contributed by atoms with Gasteiger partial charge in [-0.2, -0.15) is 8.42 Å². The topological polar surface area (TPSA) is 80.8 Å². The number of benzene rings is 2. The molecule has 148 valence electrons. The number of carbonyl (C=O) groups is 2. The van der Waals surface area contributed by atoms with Crippen LogP contribution in [0.1, 0.15) is 6.42 Å². The normalized spacial score (nSPS) is 27.6. The van der Waals surface area contributed by atoms with Crippen LogP contribution >= 0.6 is 11.6 Å². The van der Waals surface area contributed by atoms with Crippen molar-refractivity contribution in [2.75, 3.05) is 4.90 Å². The molecule has 3 aliphatic rings. The van der Waals surface area contributed by atoms with E-state index in [-0.39, 0.29) is 51.8 Å². The summed E-state index contributed by atoms with van der Waals surface area (Å²) >= 11 is 5.82. The van der Waals surface area contributed by atoms with E-state index in [0.29, 0.717) is 5.02 Å². The number of nitrogens with zero attached hydrogens (tertiary/aromatic N) is 1. The Hall–Kier alpha value is -2.64. The van der Waals surface area contributed by atoms with Crippen LogP contribution in [0, 0.1) is 23.7 Å². The van der Waals surface area contributed by atoms with Crippen molar-refractivity contribution in [3.63, 3.8) is 0 Å². The van der Waals surface area contributed by atoms with Gasteiger partial charge in [-0.15, -0.1) is 0 Å². The van der Waals surface area contributed by atoms with Crippen molar-refractivity contribution in [1.29, 1.82) is 0 Å². The van der Waals surface area contributed by atoms with Gasteiger partial charge in [0.25, 0.3) is 0 Å². The third-order valence-corrected chi connectivity index (χ3v) is 7.38. The second-order valence-electron chi connectivity index (χ2n) is 7.47. The number of hydrogen-bond donors (Lipinski definition) is 0. The van der Waals surface area contributed by atoms with Crippen LogP contribution in [0.25, 0.3) is 0 Å². The Morgan fingerprint density at radius 3 is 2.10 bits per heavy atom. The summed E-state index contributed by atoms with van der Waals surface area (Å²) in [6.07, 6.45) is 4.84. The zero-order valence-corrected chi connectivity index (χ0v) is 16.6. The van der Waals surface area contributed by atoms with Crippen molar-refractivity contribution in [3.8, 4) is 5.75 Å². The van der Waals surface area contributed by atoms with E-state index in [1.54, 1.807) is 12.1 Å². The molecule has 0 spiro atoms. The second kappa shape index (κ2) is 6.43. The van der Waals surface area contributed by atoms with E-state index in [0.717, 1.165) is 11.3 Å². The predicted octanol–water partition coefficient (Wildman–Crippen LogP) is 3.42. The van der Waals surface area contributed by atoms with Crippen LogP contribution in [0.3, 0.4) is 0 Å². The van der Waals surface area contributed by atoms with Gasteiger partial charge in [0, 0.05) is 5.02 Å². The van der Waals surface area contributed by atoms with Crippen molar-refractivity contribution < 1.29 is 22.2 Å². The lowest BCUT2D eigenvalue weighted by molar-refractivity contribution is -0.123. The molecular formula is C21H16ClNO5S. The van der Waals surface area contributed by atoms with E-state index in [2.05, 4.69) is 0 Å². The summed E-state index contributed by atoms with van der Waals surface area (Å²) in [6, 6.07) is 11.7. The van der Waals surface area contributed by atoms with Crippen LogP contribution in [-0.4, -0.2) is 20.2 Å². The van der Waals surface area contributed by atoms with Gasteiger partial charge in [0.2, 0.25) is 11.8 Å². The molecule has 2 aromatic rings. The molecule has 5 rings (SSSR count). The minimum Gasteiger partial charge on any atom is -0.377 e. The van der Waals surface area contributed by atoms with Gasteiger partial charge in [-0.3, -0.25) is 9.59 Å². The van der Waals surface area contributed by atoms with Gasteiger partial charge >= 0.3 is 10.1 Å². The van der Waals surface area contributed by atoms with Crippen molar-refractivity contribution in [1.82, 2.24) is 0 Å². The second-order valence-corrected chi connectivity index (χ2v) is 9.45. The Morgan fingerprint density at radius 2 is 1.48 bits per heavy atom. The van der Waals surface area contributed by atoms with Crippen LogP contribution in [0.15, 0.2) is 65.6 Å². The zero-order valence-electron chi connectivity index (χ0n) is 15.1. The van der Waals surface area contributed by atoms with Crippen LogP contribution in [-0.2, 0) is 19.7 Å². The summed E-state index contributed by atoms with van der Waals surface area (Å²) in [5, 5.41) is 0.396. The third-order valence-electron chi connectivity index (χ3n) is 5.88. The number of carbonyl (C=O) groups excluding carboxylic acids is 2. The molecule has 6 nitrogen and oxygen atoms in total. The van der Waals surface area contributed by atoms with Crippen LogP contribution in [0.5, 0.6) is 5.75 Å². The zero-order chi connectivity index (χ0) is 20.3. The highest BCUT2D eigenvalue weighted by Crippen LogP contribution is 2.54. The lowest BCUT2D eigenvalue weighted by Crippen LogP contribution is -2.33. The maximum Gasteiger partial charge on any atom is 0.339 e. The Morgan fingerprint density at radius 1 is 0.897 bits per heavy atom. The summed E-state index contributed by atoms with van der Waals surface area (Å²) in [4.78, 5) is 27.1. The van der Waals surface area contributed by atoms with E-state index < -0.39 is 10.1 Å². The Bertz CT molecular complexity index is 1130. The van der Waals surface area contributed by atoms with Gasteiger partial charge in [-0.1, -0.05) is 35.9 Å². The number of amides is 2. The highest BCUT2D eigenvalue weighted by molar-refractivity contribution is 7.87. The average Bonchev–Trinajstić information content (AvgIpc) is 3.37. The van der Waals surface area contributed by atoms with Gasteiger partial charge < -0.3 is 4.18 Å². The maximum absolute atomic E-state index is 13.1. The van der Waals surface area contributed by atoms with Crippen molar-refractivity contribution >= 4 is 39.2 Å². The van der Waals surface area contributed by atoms with E-state index in [1.165, 1.54) is 36.4 Å². The number of anilines is 1. The highest BCUT2D eigenvalue weighted by Gasteiger charge is 2.60. The minimum atomic E-state index is -4.17. The Balaban J connectivity index is 1.50. The van der Waals surface area contributed by atoms with Crippen LogP contribution in [0.4, 0.5) is 5.69 Å². The first-order chi connectivity index (χ1) is 13.9. The molecule has 0 N–H and O–H groups in total. The smallest absolute Gasteiger partial charge is 0.339 e. The SMILES string of the molecule is O=C1[C@@H]2[C@@H](C(=O)N1c1ccccc1OS(=O)(=O)c1ccc(Cl)cc1)[C@H]1C=C[C@H]2C1. The van der Waals surface area contributed by atoms with Crippen LogP contribution in [0.2, 0.25) is 5.02 Å². The number of allylic oxidation sites excluding steroid dienone is 2. The Labute approximate surface area is 172 Å². The largest absolute Gasteiger partial charge is 0.377 e. The van der Waals surface area contributed by atoms with Crippen molar-refractivity contribution in [2.24, 2.45) is 23.7 Å². The molecule has 2 fully saturated rings. The van der Waals surface area contributed by atoms with E-state index in [4.69, 9.17) is 15.8 Å². The molecule has 2 aromatic carbocycles. The fourth-order valence-electron chi connectivity index (χ4n) is 4.62. The van der Waals surface area contributed by atoms with Gasteiger partial charge in [0.15, 0.2) is 5.75 Å². The molecule has 2 amide bonds. The number of rotatable bonds is 4. The van der Waals surface area contributed by atoms with Gasteiger partial charge in [0.1, 0.15) is 4.90 Å². The molecule has 1 saturated heterocycles. The molecule has 0 unspecified atom stereocenters. The summed E-state index contributed by atoms with van der Waals surface area (Å²) in [7, 11) is -4.17. The maximum atomic E-state index is 13.1. The molecule has 4 atom stereocenters. The lowest BCUT2D eigenvalue weighted by atomic mass is 9.85. The molecule has 0 radical (unpaired) electrons. The molecular weight excluding hydrogens is 414 g/mol. The van der Waals surface area contributed by atoms with Crippen molar-refractivity contribution in [2.45, 2.75) is 11.3 Å². The first-order valence-electron chi connectivity index (χ1n) is 9.22. The summed E-state index contributed by atoms with van der Waals surface area (Å²) in [5.74, 6) is -1.27. The standard InChI is InChI=1S/C21H16ClNO5S/c22-14-7-9-15(10-8-14)29(26,27)28-17-4-2-1-3-16(17)23-20(24)18-12-5-6-13(11-12)19(18)21(23)25/h1-10,12-13,18-19H,11H2/t12-,13-,18-,19-/m0/s1. The summed E-state index contributed by atoms with van der Waals surface area (Å²) < 4.78 is 30.7. The highest BCUT2D eigenvalue weighted by atomic mass is 35.5. The fraction of sp³-hybridized carbons (Fsp3) is 0.238. The van der Waals surface area contributed by atoms with E-state index >= 15 is 0 Å². The lowest BCUT2D eigenvalue weighted by Gasteiger charge is -2.20. The molecule has 1 aliphatic heterocycles. The fourth-order valence-corrected chi connectivity index (χ4v) is 5.69. The number of hydrogen-bond acceptors (Lipinski definition) is 5. The third kappa shape index (κ3) is 2.80. The van der Waals surface area contributed by atoms with Crippen LogP contribution < -0.4 is 9.08 Å². The number of para-hydroxylation sites is 2. The van der Waals surface area contributed by atoms with Gasteiger partial charge in [-0.25, -0.2) is 4.90 Å². The molecule has 2 aliphatic carbocycles. The first-order valence-corrected chi connectivity index (χ1v) is 11.0. The molecule has 1 saturated carbocycles. The van der Waals surface area contributed by atoms with Gasteiger partial charge in [-0.05, 0) is 54.7 Å². The molecule has 29 heavy (non-hydrogen) atoms. The molecule has 2 bridgehead atoms. The molecule has 1 heterocycles. The summed E-state index contributed by atoms with van der Waals surface area (Å²) in [5.41, 5.74) is 0.147. The predicted molar refractivity (Wildman–Crippen MR) is 106 cm³/mol. The summed E-state index contributed by atoms with van der Waals surface area (Å²) in [6.45, 7) is 0. The first kappa shape index (κ1) is 18.4. The Kier molecular flexibility index (Phi) is 4.08. The van der Waals surface area contributed by atoms with Crippen molar-refractivity contribution in [3.05, 3.63) is 65.7 Å². The minimum absolute atomic E-state index is 0.0653. The van der Waals surface area contributed by atoms with Gasteiger partial charge in [0.05, 0.1) is 17.5 Å². The molecule has 0 aromatic heterocycles. The average molecular weight is 430 g/mol. The van der Waals surface area contributed by atoms with E-state index in [1.807, 2.05) is 12.2 Å². The number of fused-ring (bicyclic) bond motifs is 5. The molecule has 8 heteroatoms. The quantitative estimate of drug-likeness (QED) is 0.422. The number of imide groups is 1. The monoisotopic (exact) mass is 429 g/mol. The number of halogens is 1.